The number of carbonyl (C=O) groups is 3. The van der Waals surface area contributed by atoms with Gasteiger partial charge in [0.05, 0.1) is 6.61 Å². The van der Waals surface area contributed by atoms with Crippen molar-refractivity contribution in [2.75, 3.05) is 11.9 Å². The van der Waals surface area contributed by atoms with Gasteiger partial charge < -0.3 is 10.1 Å². The van der Waals surface area contributed by atoms with E-state index in [9.17, 15) is 14.4 Å². The molecular formula is C23H29N3O4. The summed E-state index contributed by atoms with van der Waals surface area (Å²) in [6.45, 7) is 6.74. The standard InChI is InChI=1S/C23H29N3O4/c1-4-6-21(27)24-19-11-9-17(10-12-19)22(28)25-26-23(29)18-7-5-8-20(15-18)30-14-13-16(2)3/h5,7-12,15-16H,4,6,13-14H2,1-3H3,(H,24,27)(H,25,28)(H,26,29). The Kier molecular flexibility index (Phi) is 8.87. The van der Waals surface area contributed by atoms with Crippen LogP contribution in [0.3, 0.4) is 0 Å². The van der Waals surface area contributed by atoms with Gasteiger partial charge in [-0.1, -0.05) is 26.8 Å². The second-order valence-corrected chi connectivity index (χ2v) is 7.34. The highest BCUT2D eigenvalue weighted by Gasteiger charge is 2.10. The predicted octanol–water partition coefficient (Wildman–Crippen LogP) is 3.92. The van der Waals surface area contributed by atoms with Gasteiger partial charge in [-0.05, 0) is 61.2 Å². The Hall–Kier alpha value is -3.35. The molecule has 0 saturated carbocycles. The average Bonchev–Trinajstić information content (AvgIpc) is 2.72. The smallest absolute Gasteiger partial charge is 0.269 e. The van der Waals surface area contributed by atoms with Crippen LogP contribution in [0.15, 0.2) is 48.5 Å². The summed E-state index contributed by atoms with van der Waals surface area (Å²) in [5, 5.41) is 2.75. The van der Waals surface area contributed by atoms with E-state index in [1.807, 2.05) is 6.92 Å². The highest BCUT2D eigenvalue weighted by atomic mass is 16.5. The number of hydrogen-bond donors (Lipinski definition) is 3. The summed E-state index contributed by atoms with van der Waals surface area (Å²) in [5.41, 5.74) is 6.14. The van der Waals surface area contributed by atoms with E-state index in [4.69, 9.17) is 4.74 Å². The predicted molar refractivity (Wildman–Crippen MR) is 116 cm³/mol. The Bertz CT molecular complexity index is 863. The number of carbonyl (C=O) groups excluding carboxylic acids is 3. The SMILES string of the molecule is CCCC(=O)Nc1ccc(C(=O)NNC(=O)c2cccc(OCCC(C)C)c2)cc1. The van der Waals surface area contributed by atoms with Gasteiger partial charge in [0, 0.05) is 23.2 Å². The van der Waals surface area contributed by atoms with Crippen molar-refractivity contribution in [1.82, 2.24) is 10.9 Å². The van der Waals surface area contributed by atoms with Crippen LogP contribution < -0.4 is 20.9 Å². The fourth-order valence-electron chi connectivity index (χ4n) is 2.55. The fraction of sp³-hybridized carbons (Fsp3) is 0.348. The highest BCUT2D eigenvalue weighted by molar-refractivity contribution is 5.99. The highest BCUT2D eigenvalue weighted by Crippen LogP contribution is 2.14. The molecule has 2 aromatic rings. The van der Waals surface area contributed by atoms with Gasteiger partial charge in [0.2, 0.25) is 5.91 Å². The maximum atomic E-state index is 12.3. The Morgan fingerprint density at radius 1 is 0.933 bits per heavy atom. The molecular weight excluding hydrogens is 382 g/mol. The lowest BCUT2D eigenvalue weighted by atomic mass is 10.1. The molecule has 0 heterocycles. The molecule has 0 aliphatic carbocycles. The third-order valence-corrected chi connectivity index (χ3v) is 4.26. The zero-order valence-electron chi connectivity index (χ0n) is 17.7. The van der Waals surface area contributed by atoms with Crippen molar-refractivity contribution in [2.45, 2.75) is 40.0 Å². The molecule has 0 spiro atoms. The molecule has 0 radical (unpaired) electrons. The second-order valence-electron chi connectivity index (χ2n) is 7.34. The van der Waals surface area contributed by atoms with Crippen LogP contribution in [0.4, 0.5) is 5.69 Å². The molecule has 0 aliphatic rings. The molecule has 7 heteroatoms. The third-order valence-electron chi connectivity index (χ3n) is 4.26. The van der Waals surface area contributed by atoms with E-state index < -0.39 is 11.8 Å². The topological polar surface area (TPSA) is 96.5 Å². The summed E-state index contributed by atoms with van der Waals surface area (Å²) in [5.74, 6) is 0.168. The number of nitrogens with one attached hydrogen (secondary N) is 3. The van der Waals surface area contributed by atoms with Crippen LogP contribution in [0.25, 0.3) is 0 Å². The van der Waals surface area contributed by atoms with Crippen molar-refractivity contribution < 1.29 is 19.1 Å². The molecule has 160 valence electrons. The van der Waals surface area contributed by atoms with Gasteiger partial charge in [0.15, 0.2) is 0 Å². The zero-order valence-corrected chi connectivity index (χ0v) is 17.7. The lowest BCUT2D eigenvalue weighted by Gasteiger charge is -2.11. The molecule has 7 nitrogen and oxygen atoms in total. The number of hydrazine groups is 1. The van der Waals surface area contributed by atoms with Gasteiger partial charge in [-0.3, -0.25) is 25.2 Å². The third kappa shape index (κ3) is 7.58. The van der Waals surface area contributed by atoms with E-state index in [0.29, 0.717) is 41.5 Å². The zero-order chi connectivity index (χ0) is 21.9. The first-order valence-corrected chi connectivity index (χ1v) is 10.1. The number of hydrogen-bond acceptors (Lipinski definition) is 4. The van der Waals surface area contributed by atoms with Gasteiger partial charge in [-0.2, -0.15) is 0 Å². The van der Waals surface area contributed by atoms with Gasteiger partial charge in [-0.15, -0.1) is 0 Å². The largest absolute Gasteiger partial charge is 0.494 e. The summed E-state index contributed by atoms with van der Waals surface area (Å²) in [6.07, 6.45) is 2.13. The van der Waals surface area contributed by atoms with Crippen molar-refractivity contribution in [3.05, 3.63) is 59.7 Å². The first-order valence-electron chi connectivity index (χ1n) is 10.1. The van der Waals surface area contributed by atoms with E-state index in [1.54, 1.807) is 48.5 Å². The molecule has 0 aliphatic heterocycles. The molecule has 0 unspecified atom stereocenters. The van der Waals surface area contributed by atoms with Crippen LogP contribution in [0.5, 0.6) is 5.75 Å². The normalized spacial score (nSPS) is 10.4. The van der Waals surface area contributed by atoms with Gasteiger partial charge in [-0.25, -0.2) is 0 Å². The van der Waals surface area contributed by atoms with Gasteiger partial charge >= 0.3 is 0 Å². The number of benzene rings is 2. The molecule has 0 atom stereocenters. The summed E-state index contributed by atoms with van der Waals surface area (Å²) in [4.78, 5) is 36.2. The molecule has 0 bridgehead atoms. The summed E-state index contributed by atoms with van der Waals surface area (Å²) < 4.78 is 5.66. The monoisotopic (exact) mass is 411 g/mol. The maximum Gasteiger partial charge on any atom is 0.269 e. The van der Waals surface area contributed by atoms with Crippen molar-refractivity contribution in [3.63, 3.8) is 0 Å². The van der Waals surface area contributed by atoms with Crippen LogP contribution in [-0.4, -0.2) is 24.3 Å². The first kappa shape index (κ1) is 22.9. The number of rotatable bonds is 9. The van der Waals surface area contributed by atoms with Gasteiger partial charge in [0.1, 0.15) is 5.75 Å². The van der Waals surface area contributed by atoms with E-state index >= 15 is 0 Å². The maximum absolute atomic E-state index is 12.3. The van der Waals surface area contributed by atoms with Crippen molar-refractivity contribution in [2.24, 2.45) is 5.92 Å². The van der Waals surface area contributed by atoms with Crippen molar-refractivity contribution in [1.29, 1.82) is 0 Å². The molecule has 3 amide bonds. The molecule has 2 rings (SSSR count). The van der Waals surface area contributed by atoms with E-state index in [0.717, 1.165) is 12.8 Å². The molecule has 0 fully saturated rings. The number of ether oxygens (including phenoxy) is 1. The summed E-state index contributed by atoms with van der Waals surface area (Å²) >= 11 is 0. The van der Waals surface area contributed by atoms with E-state index in [2.05, 4.69) is 30.0 Å². The minimum Gasteiger partial charge on any atom is -0.494 e. The first-order chi connectivity index (χ1) is 14.4. The minimum atomic E-state index is -0.459. The van der Waals surface area contributed by atoms with Crippen LogP contribution in [-0.2, 0) is 4.79 Å². The molecule has 2 aromatic carbocycles. The number of amides is 3. The van der Waals surface area contributed by atoms with Crippen molar-refractivity contribution in [3.8, 4) is 5.75 Å². The fourth-order valence-corrected chi connectivity index (χ4v) is 2.55. The van der Waals surface area contributed by atoms with Crippen LogP contribution in [0, 0.1) is 5.92 Å². The lowest BCUT2D eigenvalue weighted by Crippen LogP contribution is -2.41. The molecule has 0 aromatic heterocycles. The van der Waals surface area contributed by atoms with Gasteiger partial charge in [0.25, 0.3) is 11.8 Å². The minimum absolute atomic E-state index is 0.0719. The Morgan fingerprint density at radius 3 is 2.23 bits per heavy atom. The average molecular weight is 412 g/mol. The summed E-state index contributed by atoms with van der Waals surface area (Å²) in [7, 11) is 0. The lowest BCUT2D eigenvalue weighted by molar-refractivity contribution is -0.116. The Morgan fingerprint density at radius 2 is 1.60 bits per heavy atom. The van der Waals surface area contributed by atoms with E-state index in [1.165, 1.54) is 0 Å². The van der Waals surface area contributed by atoms with Crippen LogP contribution >= 0.6 is 0 Å². The van der Waals surface area contributed by atoms with Crippen LogP contribution in [0.2, 0.25) is 0 Å². The Labute approximate surface area is 177 Å². The number of anilines is 1. The molecule has 0 saturated heterocycles. The quantitative estimate of drug-likeness (QED) is 0.545. The second kappa shape index (κ2) is 11.6. The summed E-state index contributed by atoms with van der Waals surface area (Å²) in [6, 6.07) is 13.2. The Balaban J connectivity index is 1.87. The van der Waals surface area contributed by atoms with Crippen molar-refractivity contribution >= 4 is 23.4 Å². The molecule has 30 heavy (non-hydrogen) atoms. The van der Waals surface area contributed by atoms with Crippen LogP contribution in [0.1, 0.15) is 60.7 Å². The molecule has 3 N–H and O–H groups in total. The van der Waals surface area contributed by atoms with E-state index in [-0.39, 0.29) is 5.91 Å².